The van der Waals surface area contributed by atoms with Crippen molar-refractivity contribution in [1.29, 1.82) is 0 Å². The second-order valence-corrected chi connectivity index (χ2v) is 4.74. The Kier molecular flexibility index (Phi) is 3.42. The maximum Gasteiger partial charge on any atom is 0.312 e. The van der Waals surface area contributed by atoms with Crippen molar-refractivity contribution < 1.29 is 9.53 Å². The van der Waals surface area contributed by atoms with Gasteiger partial charge in [0.25, 0.3) is 0 Å². The van der Waals surface area contributed by atoms with Crippen LogP contribution in [-0.2, 0) is 9.53 Å². The lowest BCUT2D eigenvalue weighted by Gasteiger charge is -2.20. The number of thiocarbonyl (C=S) groups is 1. The molecule has 0 radical (unpaired) electrons. The number of carbonyl (C=O) groups is 1. The zero-order chi connectivity index (χ0) is 9.90. The average molecular weight is 200 g/mol. The first-order chi connectivity index (χ1) is 6.04. The van der Waals surface area contributed by atoms with Crippen LogP contribution in [0.1, 0.15) is 39.5 Å². The highest BCUT2D eigenvalue weighted by Gasteiger charge is 2.37. The van der Waals surface area contributed by atoms with Crippen molar-refractivity contribution in [3.05, 3.63) is 0 Å². The Morgan fingerprint density at radius 1 is 1.46 bits per heavy atom. The van der Waals surface area contributed by atoms with Gasteiger partial charge in [-0.05, 0) is 26.7 Å². The van der Waals surface area contributed by atoms with Gasteiger partial charge in [0.15, 0.2) is 0 Å². The molecule has 0 aromatic carbocycles. The first-order valence-corrected chi connectivity index (χ1v) is 5.12. The maximum absolute atomic E-state index is 11.6. The van der Waals surface area contributed by atoms with Crippen molar-refractivity contribution in [2.24, 2.45) is 5.41 Å². The Balaban J connectivity index is 2.42. The summed E-state index contributed by atoms with van der Waals surface area (Å²) in [5, 5.41) is 0. The predicted molar refractivity (Wildman–Crippen MR) is 55.8 cm³/mol. The Labute approximate surface area is 84.7 Å². The van der Waals surface area contributed by atoms with Crippen molar-refractivity contribution in [3.63, 3.8) is 0 Å². The SMILES string of the molecule is CC(=S)COC(=O)C1(C)CCCC1. The molecule has 0 N–H and O–H groups in total. The Hall–Kier alpha value is -0.440. The van der Waals surface area contributed by atoms with E-state index in [4.69, 9.17) is 17.0 Å². The molecule has 0 amide bonds. The van der Waals surface area contributed by atoms with Gasteiger partial charge in [-0.25, -0.2) is 0 Å². The first kappa shape index (κ1) is 10.6. The lowest BCUT2D eigenvalue weighted by molar-refractivity contribution is -0.152. The second-order valence-electron chi connectivity index (χ2n) is 4.05. The number of esters is 1. The lowest BCUT2D eigenvalue weighted by atomic mass is 9.89. The molecule has 3 heteroatoms. The second kappa shape index (κ2) is 4.18. The predicted octanol–water partition coefficient (Wildman–Crippen LogP) is 2.50. The summed E-state index contributed by atoms with van der Waals surface area (Å²) in [5.41, 5.74) is -0.231. The van der Waals surface area contributed by atoms with Crippen molar-refractivity contribution in [1.82, 2.24) is 0 Å². The molecule has 1 aliphatic carbocycles. The largest absolute Gasteiger partial charge is 0.460 e. The molecule has 1 aliphatic rings. The van der Waals surface area contributed by atoms with Crippen LogP contribution in [0.4, 0.5) is 0 Å². The van der Waals surface area contributed by atoms with Gasteiger partial charge in [-0.2, -0.15) is 0 Å². The molecule has 0 heterocycles. The fraction of sp³-hybridized carbons (Fsp3) is 0.800. The van der Waals surface area contributed by atoms with E-state index in [0.717, 1.165) is 30.5 Å². The highest BCUT2D eigenvalue weighted by molar-refractivity contribution is 7.80. The molecule has 74 valence electrons. The molecule has 0 saturated heterocycles. The van der Waals surface area contributed by atoms with Crippen LogP contribution >= 0.6 is 12.2 Å². The summed E-state index contributed by atoms with van der Waals surface area (Å²) in [7, 11) is 0. The summed E-state index contributed by atoms with van der Waals surface area (Å²) in [6, 6.07) is 0. The van der Waals surface area contributed by atoms with E-state index in [9.17, 15) is 4.79 Å². The van der Waals surface area contributed by atoms with E-state index >= 15 is 0 Å². The normalized spacial score (nSPS) is 19.8. The Morgan fingerprint density at radius 2 is 2.00 bits per heavy atom. The zero-order valence-corrected chi connectivity index (χ0v) is 9.08. The van der Waals surface area contributed by atoms with E-state index in [0.29, 0.717) is 6.61 Å². The lowest BCUT2D eigenvalue weighted by Crippen LogP contribution is -2.27. The van der Waals surface area contributed by atoms with Crippen LogP contribution in [0.3, 0.4) is 0 Å². The number of carbonyl (C=O) groups excluding carboxylic acids is 1. The molecule has 1 rings (SSSR count). The Morgan fingerprint density at radius 3 is 2.46 bits per heavy atom. The maximum atomic E-state index is 11.6. The van der Waals surface area contributed by atoms with Gasteiger partial charge in [-0.1, -0.05) is 25.1 Å². The highest BCUT2D eigenvalue weighted by Crippen LogP contribution is 2.38. The monoisotopic (exact) mass is 200 g/mol. The first-order valence-electron chi connectivity index (χ1n) is 4.71. The molecule has 0 spiro atoms. The van der Waals surface area contributed by atoms with Gasteiger partial charge >= 0.3 is 5.97 Å². The topological polar surface area (TPSA) is 26.3 Å². The van der Waals surface area contributed by atoms with Crippen LogP contribution in [0.2, 0.25) is 0 Å². The standard InChI is InChI=1S/C10H16O2S/c1-8(13)7-12-9(11)10(2)5-3-4-6-10/h3-7H2,1-2H3. The molecular weight excluding hydrogens is 184 g/mol. The van der Waals surface area contributed by atoms with Crippen LogP contribution in [0.25, 0.3) is 0 Å². The number of hydrogen-bond acceptors (Lipinski definition) is 3. The van der Waals surface area contributed by atoms with Gasteiger partial charge < -0.3 is 4.74 Å². The van der Waals surface area contributed by atoms with E-state index in [1.165, 1.54) is 0 Å². The number of rotatable bonds is 3. The number of ether oxygens (including phenoxy) is 1. The number of hydrogen-bond donors (Lipinski definition) is 0. The molecule has 0 aromatic heterocycles. The quantitative estimate of drug-likeness (QED) is 0.517. The molecular formula is C10H16O2S. The smallest absolute Gasteiger partial charge is 0.312 e. The third-order valence-electron chi connectivity index (χ3n) is 2.61. The molecule has 0 atom stereocenters. The third kappa shape index (κ3) is 2.76. The minimum Gasteiger partial charge on any atom is -0.460 e. The zero-order valence-electron chi connectivity index (χ0n) is 8.26. The van der Waals surface area contributed by atoms with Crippen molar-refractivity contribution in [2.75, 3.05) is 6.61 Å². The van der Waals surface area contributed by atoms with E-state index in [2.05, 4.69) is 0 Å². The van der Waals surface area contributed by atoms with Crippen molar-refractivity contribution in [3.8, 4) is 0 Å². The molecule has 0 bridgehead atoms. The van der Waals surface area contributed by atoms with Crippen LogP contribution in [0.15, 0.2) is 0 Å². The van der Waals surface area contributed by atoms with Gasteiger partial charge in [0, 0.05) is 4.86 Å². The molecule has 0 aromatic rings. The van der Waals surface area contributed by atoms with Gasteiger partial charge in [0.1, 0.15) is 6.61 Å². The summed E-state index contributed by atoms with van der Waals surface area (Å²) < 4.78 is 5.11. The summed E-state index contributed by atoms with van der Waals surface area (Å²) in [5.74, 6) is -0.0748. The van der Waals surface area contributed by atoms with E-state index in [-0.39, 0.29) is 11.4 Å². The average Bonchev–Trinajstić information content (AvgIpc) is 2.49. The van der Waals surface area contributed by atoms with Gasteiger partial charge in [0.2, 0.25) is 0 Å². The van der Waals surface area contributed by atoms with Gasteiger partial charge in [-0.15, -0.1) is 0 Å². The molecule has 1 fully saturated rings. The minimum atomic E-state index is -0.231. The van der Waals surface area contributed by atoms with Crippen molar-refractivity contribution >= 4 is 23.1 Å². The van der Waals surface area contributed by atoms with E-state index < -0.39 is 0 Å². The third-order valence-corrected chi connectivity index (χ3v) is 2.72. The van der Waals surface area contributed by atoms with Crippen LogP contribution < -0.4 is 0 Å². The molecule has 0 aliphatic heterocycles. The molecule has 13 heavy (non-hydrogen) atoms. The van der Waals surface area contributed by atoms with Crippen molar-refractivity contribution in [2.45, 2.75) is 39.5 Å². The summed E-state index contributed by atoms with van der Waals surface area (Å²) in [4.78, 5) is 12.3. The van der Waals surface area contributed by atoms with E-state index in [1.807, 2.05) is 6.92 Å². The molecule has 1 saturated carbocycles. The molecule has 2 nitrogen and oxygen atoms in total. The van der Waals surface area contributed by atoms with Crippen LogP contribution in [0.5, 0.6) is 0 Å². The highest BCUT2D eigenvalue weighted by atomic mass is 32.1. The Bertz CT molecular complexity index is 217. The minimum absolute atomic E-state index is 0.0748. The summed E-state index contributed by atoms with van der Waals surface area (Å²) in [6.45, 7) is 4.07. The van der Waals surface area contributed by atoms with Gasteiger partial charge in [0.05, 0.1) is 5.41 Å². The molecule has 0 unspecified atom stereocenters. The fourth-order valence-corrected chi connectivity index (χ4v) is 1.76. The van der Waals surface area contributed by atoms with Crippen LogP contribution in [0, 0.1) is 5.41 Å². The summed E-state index contributed by atoms with van der Waals surface area (Å²) >= 11 is 4.85. The summed E-state index contributed by atoms with van der Waals surface area (Å²) in [6.07, 6.45) is 4.20. The van der Waals surface area contributed by atoms with Gasteiger partial charge in [-0.3, -0.25) is 4.79 Å². The van der Waals surface area contributed by atoms with Crippen LogP contribution in [-0.4, -0.2) is 17.4 Å². The van der Waals surface area contributed by atoms with E-state index in [1.54, 1.807) is 6.92 Å². The fourth-order valence-electron chi connectivity index (χ4n) is 1.70.